The molecule has 1 aliphatic rings. The summed E-state index contributed by atoms with van der Waals surface area (Å²) in [6.07, 6.45) is 0. The van der Waals surface area contributed by atoms with Gasteiger partial charge in [-0.2, -0.15) is 0 Å². The highest BCUT2D eigenvalue weighted by Gasteiger charge is 2.37. The Morgan fingerprint density at radius 3 is 1.33 bits per heavy atom. The van der Waals surface area contributed by atoms with Crippen LogP contribution in [0.1, 0.15) is 25.0 Å². The Morgan fingerprint density at radius 2 is 0.694 bits per heavy atom. The van der Waals surface area contributed by atoms with Crippen molar-refractivity contribution in [2.75, 3.05) is 0 Å². The van der Waals surface area contributed by atoms with Crippen LogP contribution in [-0.2, 0) is 5.41 Å². The second kappa shape index (κ2) is 10.5. The van der Waals surface area contributed by atoms with Crippen LogP contribution in [0.4, 0.5) is 0 Å². The van der Waals surface area contributed by atoms with Gasteiger partial charge in [0.25, 0.3) is 0 Å². The number of rotatable bonds is 3. The highest BCUT2D eigenvalue weighted by Crippen LogP contribution is 2.55. The van der Waals surface area contributed by atoms with Gasteiger partial charge < -0.3 is 0 Å². The molecule has 0 aromatic heterocycles. The molecule has 0 nitrogen and oxygen atoms in total. The van der Waals surface area contributed by atoms with Crippen LogP contribution in [0.15, 0.2) is 170 Å². The topological polar surface area (TPSA) is 0 Å². The van der Waals surface area contributed by atoms with Crippen LogP contribution in [-0.4, -0.2) is 0 Å². The van der Waals surface area contributed by atoms with E-state index in [1.807, 2.05) is 0 Å². The fourth-order valence-electron chi connectivity index (χ4n) is 8.86. The fraction of sp³-hybridized carbons (Fsp3) is 0.0612. The van der Waals surface area contributed by atoms with Crippen molar-refractivity contribution in [1.82, 2.24) is 0 Å². The predicted molar refractivity (Wildman–Crippen MR) is 210 cm³/mol. The van der Waals surface area contributed by atoms with Gasteiger partial charge in [0.15, 0.2) is 0 Å². The highest BCUT2D eigenvalue weighted by atomic mass is 14.4. The van der Waals surface area contributed by atoms with Gasteiger partial charge in [-0.1, -0.05) is 178 Å². The first-order valence-corrected chi connectivity index (χ1v) is 17.3. The Balaban J connectivity index is 1.32. The Labute approximate surface area is 286 Å². The van der Waals surface area contributed by atoms with Crippen LogP contribution >= 0.6 is 0 Å². The third-order valence-corrected chi connectivity index (χ3v) is 11.1. The summed E-state index contributed by atoms with van der Waals surface area (Å²) in [5, 5.41) is 10.3. The number of hydrogen-bond donors (Lipinski definition) is 0. The Morgan fingerprint density at radius 1 is 0.286 bits per heavy atom. The summed E-state index contributed by atoms with van der Waals surface area (Å²) >= 11 is 0. The van der Waals surface area contributed by atoms with Crippen molar-refractivity contribution >= 4 is 43.1 Å². The Kier molecular flexibility index (Phi) is 6.02. The van der Waals surface area contributed by atoms with E-state index >= 15 is 0 Å². The average molecular weight is 623 g/mol. The molecule has 230 valence electrons. The molecule has 0 atom stereocenters. The maximum Gasteiger partial charge on any atom is 0.0159 e. The van der Waals surface area contributed by atoms with Gasteiger partial charge in [0.1, 0.15) is 0 Å². The monoisotopic (exact) mass is 622 g/mol. The van der Waals surface area contributed by atoms with E-state index in [0.29, 0.717) is 0 Å². The van der Waals surface area contributed by atoms with Gasteiger partial charge in [0.2, 0.25) is 0 Å². The van der Waals surface area contributed by atoms with Crippen LogP contribution < -0.4 is 0 Å². The van der Waals surface area contributed by atoms with Crippen LogP contribution in [0.2, 0.25) is 0 Å². The largest absolute Gasteiger partial charge is 0.0622 e. The van der Waals surface area contributed by atoms with Crippen molar-refractivity contribution in [3.05, 3.63) is 181 Å². The van der Waals surface area contributed by atoms with Crippen LogP contribution in [0.25, 0.3) is 87.6 Å². The van der Waals surface area contributed by atoms with Gasteiger partial charge in [-0.05, 0) is 105 Å². The van der Waals surface area contributed by atoms with E-state index in [0.717, 1.165) is 0 Å². The molecule has 0 heteroatoms. The van der Waals surface area contributed by atoms with E-state index in [2.05, 4.69) is 184 Å². The summed E-state index contributed by atoms with van der Waals surface area (Å²) in [6.45, 7) is 4.78. The standard InChI is InChI=1S/C49H34/c1-49(2)44-29-13-12-24-42(44)48-37-19-7-6-18-35(37)43(30-45(48)49)47-40-22-10-8-20-38(40)46(39-21-9-11-23-41(39)47)36-28-15-26-33-32(25-14-27-34(33)36)31-16-4-3-5-17-31/h3-30H,1-2H3. The average Bonchev–Trinajstić information content (AvgIpc) is 3.39. The van der Waals surface area contributed by atoms with E-state index < -0.39 is 0 Å². The van der Waals surface area contributed by atoms with Gasteiger partial charge in [-0.3, -0.25) is 0 Å². The third kappa shape index (κ3) is 3.98. The van der Waals surface area contributed by atoms with Gasteiger partial charge in [0.05, 0.1) is 0 Å². The molecule has 0 amide bonds. The molecule has 9 aromatic rings. The van der Waals surface area contributed by atoms with Gasteiger partial charge >= 0.3 is 0 Å². The number of fused-ring (bicyclic) bond motifs is 8. The number of benzene rings is 9. The second-order valence-corrected chi connectivity index (χ2v) is 14.0. The van der Waals surface area contributed by atoms with E-state index in [4.69, 9.17) is 0 Å². The van der Waals surface area contributed by atoms with Crippen LogP contribution in [0.5, 0.6) is 0 Å². The molecule has 0 heterocycles. The van der Waals surface area contributed by atoms with Crippen molar-refractivity contribution in [3.63, 3.8) is 0 Å². The zero-order valence-electron chi connectivity index (χ0n) is 27.7. The first-order valence-electron chi connectivity index (χ1n) is 17.3. The molecule has 0 N–H and O–H groups in total. The first kappa shape index (κ1) is 28.1. The molecule has 0 radical (unpaired) electrons. The van der Waals surface area contributed by atoms with E-state index in [1.54, 1.807) is 0 Å². The lowest BCUT2D eigenvalue weighted by molar-refractivity contribution is 0.661. The fourth-order valence-corrected chi connectivity index (χ4v) is 8.86. The molecule has 0 spiro atoms. The highest BCUT2D eigenvalue weighted by molar-refractivity contribution is 6.26. The molecule has 0 unspecified atom stereocenters. The van der Waals surface area contributed by atoms with Crippen molar-refractivity contribution in [3.8, 4) is 44.5 Å². The predicted octanol–water partition coefficient (Wildman–Crippen LogP) is 13.6. The molecule has 1 aliphatic carbocycles. The normalized spacial score (nSPS) is 13.3. The van der Waals surface area contributed by atoms with Gasteiger partial charge in [-0.25, -0.2) is 0 Å². The summed E-state index contributed by atoms with van der Waals surface area (Å²) in [6, 6.07) is 63.0. The lowest BCUT2D eigenvalue weighted by Gasteiger charge is -2.24. The molecular formula is C49H34. The number of hydrogen-bond acceptors (Lipinski definition) is 0. The molecule has 0 fully saturated rings. The lowest BCUT2D eigenvalue weighted by atomic mass is 9.78. The van der Waals surface area contributed by atoms with Gasteiger partial charge in [-0.15, -0.1) is 0 Å². The molecule has 0 aliphatic heterocycles. The van der Waals surface area contributed by atoms with Crippen molar-refractivity contribution < 1.29 is 0 Å². The van der Waals surface area contributed by atoms with Gasteiger partial charge in [0, 0.05) is 5.41 Å². The minimum atomic E-state index is -0.102. The van der Waals surface area contributed by atoms with Crippen molar-refractivity contribution in [1.29, 1.82) is 0 Å². The van der Waals surface area contributed by atoms with Crippen molar-refractivity contribution in [2.24, 2.45) is 0 Å². The van der Waals surface area contributed by atoms with E-state index in [-0.39, 0.29) is 5.41 Å². The second-order valence-electron chi connectivity index (χ2n) is 14.0. The van der Waals surface area contributed by atoms with Crippen LogP contribution in [0.3, 0.4) is 0 Å². The Hall–Kier alpha value is -5.98. The molecule has 9 aromatic carbocycles. The SMILES string of the molecule is CC1(C)c2ccccc2-c2c1cc(-c1c3ccccc3c(-c3cccc4c(-c5ccccc5)cccc34)c3ccccc13)c1ccccc21. The van der Waals surface area contributed by atoms with Crippen molar-refractivity contribution in [2.45, 2.75) is 19.3 Å². The summed E-state index contributed by atoms with van der Waals surface area (Å²) in [5.74, 6) is 0. The molecule has 0 saturated carbocycles. The third-order valence-electron chi connectivity index (χ3n) is 11.1. The zero-order chi connectivity index (χ0) is 32.7. The van der Waals surface area contributed by atoms with E-state index in [1.165, 1.54) is 98.7 Å². The van der Waals surface area contributed by atoms with E-state index in [9.17, 15) is 0 Å². The maximum absolute atomic E-state index is 2.52. The summed E-state index contributed by atoms with van der Waals surface area (Å²) in [5.41, 5.74) is 13.1. The minimum Gasteiger partial charge on any atom is -0.0622 e. The summed E-state index contributed by atoms with van der Waals surface area (Å²) in [7, 11) is 0. The molecule has 10 rings (SSSR count). The molecule has 0 bridgehead atoms. The molecule has 0 saturated heterocycles. The summed E-state index contributed by atoms with van der Waals surface area (Å²) in [4.78, 5) is 0. The zero-order valence-corrected chi connectivity index (χ0v) is 27.7. The molecular weight excluding hydrogens is 589 g/mol. The smallest absolute Gasteiger partial charge is 0.0159 e. The first-order chi connectivity index (χ1) is 24.1. The van der Waals surface area contributed by atoms with Crippen LogP contribution in [0, 0.1) is 0 Å². The maximum atomic E-state index is 2.52. The molecule has 49 heavy (non-hydrogen) atoms. The quantitative estimate of drug-likeness (QED) is 0.172. The Bertz CT molecular complexity index is 2720. The summed E-state index contributed by atoms with van der Waals surface area (Å²) < 4.78 is 0. The lowest BCUT2D eigenvalue weighted by Crippen LogP contribution is -2.15. The minimum absolute atomic E-state index is 0.102.